The van der Waals surface area contributed by atoms with Crippen LogP contribution in [-0.4, -0.2) is 4.57 Å². The molecule has 0 fully saturated rings. The Labute approximate surface area is 346 Å². The lowest BCUT2D eigenvalue weighted by atomic mass is 10.00. The molecular weight excluding hydrogens is 733 g/mol. The maximum absolute atomic E-state index is 2.44. The van der Waals surface area contributed by atoms with Gasteiger partial charge in [0.05, 0.1) is 11.0 Å². The molecule has 0 bridgehead atoms. The molecule has 0 saturated carbocycles. The summed E-state index contributed by atoms with van der Waals surface area (Å²) in [5.41, 5.74) is 11.7. The van der Waals surface area contributed by atoms with Gasteiger partial charge < -0.3 is 9.47 Å². The Morgan fingerprint density at radius 2 is 0.949 bits per heavy atom. The van der Waals surface area contributed by atoms with Crippen LogP contribution in [-0.2, 0) is 0 Å². The zero-order valence-corrected chi connectivity index (χ0v) is 32.9. The molecule has 0 aliphatic carbocycles. The highest BCUT2D eigenvalue weighted by Crippen LogP contribution is 2.43. The van der Waals surface area contributed by atoms with Crippen LogP contribution in [0.4, 0.5) is 17.1 Å². The van der Waals surface area contributed by atoms with Gasteiger partial charge in [-0.1, -0.05) is 146 Å². The number of anilines is 3. The number of benzene rings is 10. The largest absolute Gasteiger partial charge is 0.310 e. The van der Waals surface area contributed by atoms with Gasteiger partial charge >= 0.3 is 0 Å². The molecule has 10 aromatic carbocycles. The smallest absolute Gasteiger partial charge is 0.0619 e. The normalized spacial score (nSPS) is 11.7. The van der Waals surface area contributed by atoms with Gasteiger partial charge in [0, 0.05) is 59.1 Å². The van der Waals surface area contributed by atoms with E-state index < -0.39 is 0 Å². The fourth-order valence-corrected chi connectivity index (χ4v) is 10.2. The second-order valence-electron chi connectivity index (χ2n) is 15.4. The second kappa shape index (κ2) is 13.6. The zero-order chi connectivity index (χ0) is 38.9. The standard InChI is InChI=1S/C56H36N2S/c1-2-13-40-33-43(24-23-37(40)11-1)42-15-10-16-45(35-42)57(47-30-32-55-52(36-47)50-20-6-8-22-54(50)59-55)44-28-25-38(26-29-44)41-14-9-17-46(34-41)58-53-21-7-5-19-49(53)51-31-27-39-12-3-4-18-48(39)56(51)58/h1-36H. The van der Waals surface area contributed by atoms with Crippen molar-refractivity contribution < 1.29 is 0 Å². The molecular formula is C56H36N2S. The molecule has 0 aliphatic rings. The van der Waals surface area contributed by atoms with E-state index in [1.54, 1.807) is 0 Å². The molecule has 0 spiro atoms. The lowest BCUT2D eigenvalue weighted by Crippen LogP contribution is -2.10. The van der Waals surface area contributed by atoms with E-state index >= 15 is 0 Å². The summed E-state index contributed by atoms with van der Waals surface area (Å²) < 4.78 is 5.05. The predicted octanol–water partition coefficient (Wildman–Crippen LogP) is 16.3. The van der Waals surface area contributed by atoms with Crippen LogP contribution in [0.2, 0.25) is 0 Å². The van der Waals surface area contributed by atoms with Crippen molar-refractivity contribution in [3.05, 3.63) is 218 Å². The summed E-state index contributed by atoms with van der Waals surface area (Å²) in [5.74, 6) is 0. The third-order valence-corrected chi connectivity index (χ3v) is 13.1. The SMILES string of the molecule is c1cc(-c2ccc3ccccc3c2)cc(N(c2ccc(-c3cccc(-n4c5ccccc5c5ccc6ccccc6c54)c3)cc2)c2ccc3sc4ccccc4c3c2)c1. The van der Waals surface area contributed by atoms with Crippen molar-refractivity contribution in [2.24, 2.45) is 0 Å². The average Bonchev–Trinajstić information content (AvgIpc) is 3.85. The molecule has 276 valence electrons. The van der Waals surface area contributed by atoms with Crippen LogP contribution in [0, 0.1) is 0 Å². The van der Waals surface area contributed by atoms with Crippen LogP contribution >= 0.6 is 11.3 Å². The van der Waals surface area contributed by atoms with Crippen molar-refractivity contribution in [3.63, 3.8) is 0 Å². The first-order chi connectivity index (χ1) is 29.2. The van der Waals surface area contributed by atoms with Crippen LogP contribution in [0.25, 0.3) is 91.5 Å². The second-order valence-corrected chi connectivity index (χ2v) is 16.4. The molecule has 0 amide bonds. The van der Waals surface area contributed by atoms with Crippen molar-refractivity contribution in [1.82, 2.24) is 4.57 Å². The van der Waals surface area contributed by atoms with E-state index in [4.69, 9.17) is 0 Å². The number of rotatable bonds is 6. The third-order valence-electron chi connectivity index (χ3n) is 11.9. The summed E-state index contributed by atoms with van der Waals surface area (Å²) in [6, 6.07) is 80.1. The first-order valence-electron chi connectivity index (χ1n) is 20.2. The number of fused-ring (bicyclic) bond motifs is 9. The van der Waals surface area contributed by atoms with Crippen LogP contribution in [0.1, 0.15) is 0 Å². The van der Waals surface area contributed by atoms with E-state index in [-0.39, 0.29) is 0 Å². The van der Waals surface area contributed by atoms with Crippen molar-refractivity contribution in [2.45, 2.75) is 0 Å². The van der Waals surface area contributed by atoms with Gasteiger partial charge in [0.15, 0.2) is 0 Å². The minimum atomic E-state index is 1.10. The number of para-hydroxylation sites is 1. The number of hydrogen-bond acceptors (Lipinski definition) is 2. The number of nitrogens with zero attached hydrogens (tertiary/aromatic N) is 2. The first-order valence-corrected chi connectivity index (χ1v) is 21.0. The number of aromatic nitrogens is 1. The van der Waals surface area contributed by atoms with Crippen LogP contribution in [0.15, 0.2) is 218 Å². The first kappa shape index (κ1) is 33.7. The van der Waals surface area contributed by atoms with Gasteiger partial charge in [-0.2, -0.15) is 0 Å². The summed E-state index contributed by atoms with van der Waals surface area (Å²) in [6.45, 7) is 0. The fraction of sp³-hybridized carbons (Fsp3) is 0. The van der Waals surface area contributed by atoms with E-state index in [0.29, 0.717) is 0 Å². The Bertz CT molecular complexity index is 3570. The molecule has 12 rings (SSSR count). The van der Waals surface area contributed by atoms with Gasteiger partial charge in [0.25, 0.3) is 0 Å². The highest BCUT2D eigenvalue weighted by Gasteiger charge is 2.18. The Kier molecular flexibility index (Phi) is 7.75. The molecule has 2 heterocycles. The molecule has 0 atom stereocenters. The summed E-state index contributed by atoms with van der Waals surface area (Å²) in [7, 11) is 0. The van der Waals surface area contributed by atoms with Crippen molar-refractivity contribution in [2.75, 3.05) is 4.90 Å². The lowest BCUT2D eigenvalue weighted by Gasteiger charge is -2.26. The van der Waals surface area contributed by atoms with Gasteiger partial charge in [-0.3, -0.25) is 0 Å². The average molecular weight is 769 g/mol. The third kappa shape index (κ3) is 5.62. The van der Waals surface area contributed by atoms with Crippen molar-refractivity contribution >= 4 is 91.9 Å². The molecule has 0 radical (unpaired) electrons. The van der Waals surface area contributed by atoms with Gasteiger partial charge in [0.1, 0.15) is 0 Å². The van der Waals surface area contributed by atoms with Gasteiger partial charge in [-0.25, -0.2) is 0 Å². The topological polar surface area (TPSA) is 8.17 Å². The Balaban J connectivity index is 0.981. The van der Waals surface area contributed by atoms with E-state index in [0.717, 1.165) is 22.7 Å². The fourth-order valence-electron chi connectivity index (χ4n) is 9.12. The summed E-state index contributed by atoms with van der Waals surface area (Å²) in [4.78, 5) is 2.40. The van der Waals surface area contributed by atoms with Crippen molar-refractivity contribution in [3.8, 4) is 27.9 Å². The Hall–Kier alpha value is -7.46. The molecule has 2 aromatic heterocycles. The van der Waals surface area contributed by atoms with Crippen LogP contribution in [0.5, 0.6) is 0 Å². The van der Waals surface area contributed by atoms with Crippen LogP contribution in [0.3, 0.4) is 0 Å². The minimum absolute atomic E-state index is 1.10. The Morgan fingerprint density at radius 3 is 1.83 bits per heavy atom. The molecule has 12 aromatic rings. The molecule has 0 saturated heterocycles. The summed E-state index contributed by atoms with van der Waals surface area (Å²) in [6.07, 6.45) is 0. The molecule has 2 nitrogen and oxygen atoms in total. The zero-order valence-electron chi connectivity index (χ0n) is 32.1. The van der Waals surface area contributed by atoms with Gasteiger partial charge in [0.2, 0.25) is 0 Å². The predicted molar refractivity (Wildman–Crippen MR) is 254 cm³/mol. The summed E-state index contributed by atoms with van der Waals surface area (Å²) in [5, 5.41) is 10.1. The van der Waals surface area contributed by atoms with E-state index in [1.165, 1.54) is 85.8 Å². The molecule has 0 unspecified atom stereocenters. The van der Waals surface area contributed by atoms with Crippen LogP contribution < -0.4 is 4.90 Å². The maximum Gasteiger partial charge on any atom is 0.0619 e. The molecule has 3 heteroatoms. The molecule has 0 N–H and O–H groups in total. The quantitative estimate of drug-likeness (QED) is 0.164. The summed E-state index contributed by atoms with van der Waals surface area (Å²) >= 11 is 1.86. The van der Waals surface area contributed by atoms with Gasteiger partial charge in [-0.15, -0.1) is 11.3 Å². The maximum atomic E-state index is 2.44. The van der Waals surface area contributed by atoms with E-state index in [2.05, 4.69) is 228 Å². The molecule has 0 aliphatic heterocycles. The number of thiophene rings is 1. The monoisotopic (exact) mass is 768 g/mol. The highest BCUT2D eigenvalue weighted by atomic mass is 32.1. The van der Waals surface area contributed by atoms with E-state index in [9.17, 15) is 0 Å². The molecule has 59 heavy (non-hydrogen) atoms. The Morgan fingerprint density at radius 1 is 0.322 bits per heavy atom. The van der Waals surface area contributed by atoms with E-state index in [1.807, 2.05) is 11.3 Å². The minimum Gasteiger partial charge on any atom is -0.310 e. The lowest BCUT2D eigenvalue weighted by molar-refractivity contribution is 1.19. The highest BCUT2D eigenvalue weighted by molar-refractivity contribution is 7.25. The van der Waals surface area contributed by atoms with Crippen molar-refractivity contribution in [1.29, 1.82) is 0 Å². The van der Waals surface area contributed by atoms with Gasteiger partial charge in [-0.05, 0) is 111 Å². The number of hydrogen-bond donors (Lipinski definition) is 0.